The maximum Gasteiger partial charge on any atom is 0.270 e. The first-order chi connectivity index (χ1) is 14.6. The van der Waals surface area contributed by atoms with Crippen molar-refractivity contribution in [1.29, 1.82) is 0 Å². The maximum absolute atomic E-state index is 13.0. The van der Waals surface area contributed by atoms with E-state index >= 15 is 0 Å². The molecule has 0 aromatic carbocycles. The molecule has 0 N–H and O–H groups in total. The van der Waals surface area contributed by atoms with Crippen LogP contribution < -0.4 is 0 Å². The zero-order valence-electron chi connectivity index (χ0n) is 17.8. The number of amides is 1. The van der Waals surface area contributed by atoms with Crippen molar-refractivity contribution in [3.05, 3.63) is 35.9 Å². The summed E-state index contributed by atoms with van der Waals surface area (Å²) in [7, 11) is 3.60. The molecule has 0 radical (unpaired) electrons. The number of methoxy groups -OCH3 is 1. The maximum atomic E-state index is 13.0. The highest BCUT2D eigenvalue weighted by molar-refractivity contribution is 5.93. The number of hydrogen-bond donors (Lipinski definition) is 0. The number of hydrogen-bond acceptors (Lipinski definition) is 5. The topological polar surface area (TPSA) is 74.4 Å². The lowest BCUT2D eigenvalue weighted by molar-refractivity contribution is -0.0375. The first-order valence-corrected chi connectivity index (χ1v) is 11.0. The van der Waals surface area contributed by atoms with Crippen LogP contribution in [0, 0.1) is 17.8 Å². The SMILES string of the molecule is COCc1cn([C@@H]2C[C@@H]3CN(C(=O)c4cccn4C)C[C@@H]3C[C@H]2OCC2CC2)nn1. The Kier molecular flexibility index (Phi) is 5.37. The molecule has 8 nitrogen and oxygen atoms in total. The van der Waals surface area contributed by atoms with E-state index in [2.05, 4.69) is 10.3 Å². The van der Waals surface area contributed by atoms with Gasteiger partial charge in [0.15, 0.2) is 0 Å². The molecule has 2 aromatic rings. The van der Waals surface area contributed by atoms with E-state index in [0.717, 1.165) is 49.8 Å². The van der Waals surface area contributed by atoms with Gasteiger partial charge in [-0.05, 0) is 55.6 Å². The van der Waals surface area contributed by atoms with E-state index in [-0.39, 0.29) is 18.1 Å². The van der Waals surface area contributed by atoms with Gasteiger partial charge in [0.1, 0.15) is 11.4 Å². The molecule has 2 aromatic heterocycles. The van der Waals surface area contributed by atoms with Crippen LogP contribution in [0.3, 0.4) is 0 Å². The number of ether oxygens (including phenoxy) is 2. The fraction of sp³-hybridized carbons (Fsp3) is 0.682. The predicted molar refractivity (Wildman–Crippen MR) is 110 cm³/mol. The van der Waals surface area contributed by atoms with Crippen molar-refractivity contribution in [2.45, 2.75) is 44.4 Å². The monoisotopic (exact) mass is 413 g/mol. The van der Waals surface area contributed by atoms with Gasteiger partial charge in [-0.1, -0.05) is 5.21 Å². The van der Waals surface area contributed by atoms with Crippen LogP contribution in [-0.2, 0) is 23.1 Å². The van der Waals surface area contributed by atoms with Crippen molar-refractivity contribution < 1.29 is 14.3 Å². The zero-order chi connectivity index (χ0) is 20.7. The van der Waals surface area contributed by atoms with Gasteiger partial charge < -0.3 is 18.9 Å². The second-order valence-electron chi connectivity index (χ2n) is 9.21. The van der Waals surface area contributed by atoms with Crippen molar-refractivity contribution in [2.24, 2.45) is 24.8 Å². The van der Waals surface area contributed by atoms with Gasteiger partial charge in [0.2, 0.25) is 0 Å². The number of carbonyl (C=O) groups is 1. The van der Waals surface area contributed by atoms with Gasteiger partial charge >= 0.3 is 0 Å². The Morgan fingerprint density at radius 3 is 2.73 bits per heavy atom. The van der Waals surface area contributed by atoms with Gasteiger partial charge in [-0.15, -0.1) is 5.10 Å². The number of nitrogens with zero attached hydrogens (tertiary/aromatic N) is 5. The molecule has 8 heteroatoms. The molecule has 0 unspecified atom stereocenters. The summed E-state index contributed by atoms with van der Waals surface area (Å²) >= 11 is 0. The van der Waals surface area contributed by atoms with E-state index < -0.39 is 0 Å². The molecule has 2 aliphatic carbocycles. The molecule has 1 amide bonds. The molecule has 0 bridgehead atoms. The number of aromatic nitrogens is 4. The summed E-state index contributed by atoms with van der Waals surface area (Å²) in [5.41, 5.74) is 1.60. The van der Waals surface area contributed by atoms with E-state index in [4.69, 9.17) is 9.47 Å². The molecule has 0 spiro atoms. The highest BCUT2D eigenvalue weighted by Crippen LogP contribution is 2.43. The van der Waals surface area contributed by atoms with Crippen molar-refractivity contribution in [3.63, 3.8) is 0 Å². The van der Waals surface area contributed by atoms with Crippen molar-refractivity contribution >= 4 is 5.91 Å². The Labute approximate surface area is 177 Å². The Hall–Kier alpha value is -2.19. The summed E-state index contributed by atoms with van der Waals surface area (Å²) < 4.78 is 15.5. The van der Waals surface area contributed by atoms with Crippen molar-refractivity contribution in [2.75, 3.05) is 26.8 Å². The summed E-state index contributed by atoms with van der Waals surface area (Å²) in [5.74, 6) is 1.81. The van der Waals surface area contributed by atoms with Gasteiger partial charge in [-0.2, -0.15) is 0 Å². The lowest BCUT2D eigenvalue weighted by Crippen LogP contribution is -2.38. The number of carbonyl (C=O) groups excluding carboxylic acids is 1. The van der Waals surface area contributed by atoms with E-state index in [1.807, 2.05) is 45.7 Å². The zero-order valence-corrected chi connectivity index (χ0v) is 17.8. The van der Waals surface area contributed by atoms with E-state index in [1.165, 1.54) is 12.8 Å². The lowest BCUT2D eigenvalue weighted by atomic mass is 9.77. The van der Waals surface area contributed by atoms with Crippen LogP contribution in [0.25, 0.3) is 0 Å². The molecular formula is C22H31N5O3. The highest BCUT2D eigenvalue weighted by Gasteiger charge is 2.45. The molecule has 30 heavy (non-hydrogen) atoms. The van der Waals surface area contributed by atoms with E-state index in [0.29, 0.717) is 18.4 Å². The van der Waals surface area contributed by atoms with Gasteiger partial charge in [-0.25, -0.2) is 4.68 Å². The van der Waals surface area contributed by atoms with Crippen LogP contribution in [0.4, 0.5) is 0 Å². The van der Waals surface area contributed by atoms with Gasteiger partial charge in [0.25, 0.3) is 5.91 Å². The third kappa shape index (κ3) is 3.90. The van der Waals surface area contributed by atoms with E-state index in [9.17, 15) is 4.79 Å². The third-order valence-electron chi connectivity index (χ3n) is 6.97. The van der Waals surface area contributed by atoms with Crippen LogP contribution in [-0.4, -0.2) is 63.3 Å². The molecule has 4 atom stereocenters. The molecule has 5 rings (SSSR count). The Bertz CT molecular complexity index is 889. The molecular weight excluding hydrogens is 382 g/mol. The summed E-state index contributed by atoms with van der Waals surface area (Å²) in [4.78, 5) is 15.1. The quantitative estimate of drug-likeness (QED) is 0.696. The molecule has 1 aliphatic heterocycles. The summed E-state index contributed by atoms with van der Waals surface area (Å²) in [6.45, 7) is 2.92. The largest absolute Gasteiger partial charge is 0.378 e. The number of aryl methyl sites for hydroxylation is 1. The second kappa shape index (κ2) is 8.15. The molecule has 3 fully saturated rings. The molecule has 1 saturated heterocycles. The van der Waals surface area contributed by atoms with Crippen LogP contribution in [0.2, 0.25) is 0 Å². The Balaban J connectivity index is 1.32. The average Bonchev–Trinajstić information content (AvgIpc) is 3.11. The van der Waals surface area contributed by atoms with Gasteiger partial charge in [-0.3, -0.25) is 4.79 Å². The number of likely N-dealkylation sites (tertiary alicyclic amines) is 1. The minimum Gasteiger partial charge on any atom is -0.378 e. The van der Waals surface area contributed by atoms with Crippen LogP contribution in [0.1, 0.15) is 47.9 Å². The van der Waals surface area contributed by atoms with Crippen LogP contribution in [0.15, 0.2) is 24.5 Å². The highest BCUT2D eigenvalue weighted by atomic mass is 16.5. The third-order valence-corrected chi connectivity index (χ3v) is 6.97. The molecule has 2 saturated carbocycles. The van der Waals surface area contributed by atoms with Crippen LogP contribution >= 0.6 is 0 Å². The minimum absolute atomic E-state index is 0.119. The summed E-state index contributed by atoms with van der Waals surface area (Å²) in [6.07, 6.45) is 8.53. The average molecular weight is 414 g/mol. The number of rotatable bonds is 7. The first-order valence-electron chi connectivity index (χ1n) is 11.0. The molecule has 3 heterocycles. The van der Waals surface area contributed by atoms with Gasteiger partial charge in [0, 0.05) is 40.1 Å². The Morgan fingerprint density at radius 1 is 1.23 bits per heavy atom. The fourth-order valence-corrected chi connectivity index (χ4v) is 5.09. The van der Waals surface area contributed by atoms with Crippen LogP contribution in [0.5, 0.6) is 0 Å². The van der Waals surface area contributed by atoms with Gasteiger partial charge in [0.05, 0.1) is 24.9 Å². The normalized spacial score (nSPS) is 28.7. The van der Waals surface area contributed by atoms with E-state index in [1.54, 1.807) is 7.11 Å². The molecule has 162 valence electrons. The van der Waals surface area contributed by atoms with Crippen molar-refractivity contribution in [3.8, 4) is 0 Å². The molecule has 3 aliphatic rings. The van der Waals surface area contributed by atoms with Crippen molar-refractivity contribution in [1.82, 2.24) is 24.5 Å². The minimum atomic E-state index is 0.119. The lowest BCUT2D eigenvalue weighted by Gasteiger charge is -2.37. The second-order valence-corrected chi connectivity index (χ2v) is 9.21. The predicted octanol–water partition coefficient (Wildman–Crippen LogP) is 2.28. The first kappa shape index (κ1) is 19.8. The number of fused-ring (bicyclic) bond motifs is 1. The summed E-state index contributed by atoms with van der Waals surface area (Å²) in [5, 5.41) is 8.66. The summed E-state index contributed by atoms with van der Waals surface area (Å²) in [6, 6.07) is 3.99. The Morgan fingerprint density at radius 2 is 2.03 bits per heavy atom. The smallest absolute Gasteiger partial charge is 0.270 e. The standard InChI is InChI=1S/C22H31N5O3/c1-25-7-3-4-19(25)22(28)26-10-16-8-20(27-12-18(14-29-2)23-24-27)21(9-17(16)11-26)30-13-15-5-6-15/h3-4,7,12,15-17,20-21H,5-6,8-11,13-14H2,1-2H3/t16-,17+,20-,21-/m1/s1. The fourth-order valence-electron chi connectivity index (χ4n) is 5.09.